The van der Waals surface area contributed by atoms with E-state index in [-0.39, 0.29) is 5.91 Å². The number of amides is 1. The molecule has 20 heavy (non-hydrogen) atoms. The number of pyridine rings is 1. The summed E-state index contributed by atoms with van der Waals surface area (Å²) in [6, 6.07) is 3.71. The van der Waals surface area contributed by atoms with Gasteiger partial charge in [0.15, 0.2) is 5.69 Å². The number of aryl methyl sites for hydroxylation is 2. The highest BCUT2D eigenvalue weighted by atomic mass is 16.5. The fraction of sp³-hybridized carbons (Fsp3) is 0.400. The van der Waals surface area contributed by atoms with Gasteiger partial charge < -0.3 is 9.84 Å². The van der Waals surface area contributed by atoms with Crippen LogP contribution in [0.15, 0.2) is 22.9 Å². The number of aromatic nitrogens is 2. The maximum absolute atomic E-state index is 12.3. The van der Waals surface area contributed by atoms with Crippen molar-refractivity contribution in [3.8, 4) is 0 Å². The van der Waals surface area contributed by atoms with Crippen LogP contribution in [0.25, 0.3) is 0 Å². The van der Waals surface area contributed by atoms with Crippen molar-refractivity contribution in [2.45, 2.75) is 33.1 Å². The number of nitrogens with one attached hydrogen (secondary N) is 1. The van der Waals surface area contributed by atoms with E-state index >= 15 is 0 Å². The number of hydrogen-bond donors (Lipinski definition) is 1. The van der Waals surface area contributed by atoms with Crippen LogP contribution in [0, 0.1) is 12.8 Å². The van der Waals surface area contributed by atoms with Crippen molar-refractivity contribution < 1.29 is 9.32 Å². The second-order valence-corrected chi connectivity index (χ2v) is 5.45. The first-order chi connectivity index (χ1) is 9.63. The van der Waals surface area contributed by atoms with Crippen LogP contribution in [-0.4, -0.2) is 16.0 Å². The number of carbonyl (C=O) groups is 1. The van der Waals surface area contributed by atoms with Gasteiger partial charge in [-0.2, -0.15) is 0 Å². The summed E-state index contributed by atoms with van der Waals surface area (Å²) in [6.45, 7) is 4.14. The summed E-state index contributed by atoms with van der Waals surface area (Å²) in [6.07, 6.45) is 4.47. The lowest BCUT2D eigenvalue weighted by molar-refractivity contribution is 0.101. The fourth-order valence-corrected chi connectivity index (χ4v) is 2.54. The van der Waals surface area contributed by atoms with Gasteiger partial charge in [-0.1, -0.05) is 12.1 Å². The highest BCUT2D eigenvalue weighted by Crippen LogP contribution is 2.28. The number of rotatable bonds is 2. The normalized spacial score (nSPS) is 17.6. The molecule has 0 fully saturated rings. The summed E-state index contributed by atoms with van der Waals surface area (Å²) in [4.78, 5) is 16.4. The molecule has 2 aromatic heterocycles. The van der Waals surface area contributed by atoms with Gasteiger partial charge >= 0.3 is 0 Å². The molecular weight excluding hydrogens is 254 g/mol. The smallest absolute Gasteiger partial charge is 0.279 e. The van der Waals surface area contributed by atoms with Gasteiger partial charge in [0.05, 0.1) is 0 Å². The van der Waals surface area contributed by atoms with E-state index in [1.54, 1.807) is 6.20 Å². The van der Waals surface area contributed by atoms with E-state index < -0.39 is 0 Å². The molecule has 3 rings (SSSR count). The van der Waals surface area contributed by atoms with Crippen LogP contribution < -0.4 is 5.32 Å². The Morgan fingerprint density at radius 2 is 2.35 bits per heavy atom. The molecule has 0 bridgehead atoms. The molecule has 1 aliphatic carbocycles. The molecule has 1 amide bonds. The Morgan fingerprint density at radius 1 is 1.50 bits per heavy atom. The van der Waals surface area contributed by atoms with Gasteiger partial charge in [-0.05, 0) is 43.4 Å². The maximum atomic E-state index is 12.3. The Morgan fingerprint density at radius 3 is 3.15 bits per heavy atom. The van der Waals surface area contributed by atoms with Gasteiger partial charge in [-0.25, -0.2) is 4.98 Å². The molecule has 0 radical (unpaired) electrons. The number of nitrogens with zero attached hydrogens (tertiary/aromatic N) is 2. The summed E-state index contributed by atoms with van der Waals surface area (Å²) >= 11 is 0. The number of fused-ring (bicyclic) bond motifs is 1. The largest absolute Gasteiger partial charge is 0.360 e. The summed E-state index contributed by atoms with van der Waals surface area (Å²) in [5, 5.41) is 6.71. The zero-order valence-electron chi connectivity index (χ0n) is 11.6. The van der Waals surface area contributed by atoms with Gasteiger partial charge in [0.2, 0.25) is 0 Å². The number of carbonyl (C=O) groups excluding carboxylic acids is 1. The van der Waals surface area contributed by atoms with Crippen molar-refractivity contribution >= 4 is 11.7 Å². The predicted octanol–water partition coefficient (Wildman–Crippen LogP) is 2.76. The minimum Gasteiger partial charge on any atom is -0.360 e. The fourth-order valence-electron chi connectivity index (χ4n) is 2.54. The van der Waals surface area contributed by atoms with Crippen LogP contribution in [-0.2, 0) is 12.8 Å². The summed E-state index contributed by atoms with van der Waals surface area (Å²) in [7, 11) is 0. The highest BCUT2D eigenvalue weighted by molar-refractivity contribution is 6.03. The first-order valence-electron chi connectivity index (χ1n) is 6.85. The van der Waals surface area contributed by atoms with E-state index in [4.69, 9.17) is 4.52 Å². The molecule has 0 aliphatic heterocycles. The molecule has 0 aromatic carbocycles. The van der Waals surface area contributed by atoms with Crippen molar-refractivity contribution in [3.05, 3.63) is 40.9 Å². The topological polar surface area (TPSA) is 68.0 Å². The zero-order valence-corrected chi connectivity index (χ0v) is 11.6. The molecule has 5 heteroatoms. The van der Waals surface area contributed by atoms with Crippen molar-refractivity contribution in [1.82, 2.24) is 10.1 Å². The van der Waals surface area contributed by atoms with Gasteiger partial charge in [-0.15, -0.1) is 0 Å². The molecule has 2 heterocycles. The average Bonchev–Trinajstić information content (AvgIpc) is 2.81. The van der Waals surface area contributed by atoms with Gasteiger partial charge in [0.1, 0.15) is 11.6 Å². The van der Waals surface area contributed by atoms with Crippen LogP contribution in [0.4, 0.5) is 5.82 Å². The SMILES string of the molecule is Cc1ccnc(NC(=O)c2noc3c2C[C@H](C)CC3)c1. The molecule has 0 unspecified atom stereocenters. The Hall–Kier alpha value is -2.17. The number of anilines is 1. The van der Waals surface area contributed by atoms with E-state index in [2.05, 4.69) is 22.4 Å². The second-order valence-electron chi connectivity index (χ2n) is 5.45. The molecule has 0 spiro atoms. The zero-order chi connectivity index (χ0) is 14.1. The lowest BCUT2D eigenvalue weighted by Gasteiger charge is -2.16. The maximum Gasteiger partial charge on any atom is 0.279 e. The minimum absolute atomic E-state index is 0.248. The van der Waals surface area contributed by atoms with E-state index in [0.29, 0.717) is 17.4 Å². The molecule has 104 valence electrons. The monoisotopic (exact) mass is 271 g/mol. The van der Waals surface area contributed by atoms with Crippen LogP contribution >= 0.6 is 0 Å². The van der Waals surface area contributed by atoms with Crippen LogP contribution in [0.2, 0.25) is 0 Å². The van der Waals surface area contributed by atoms with E-state index in [9.17, 15) is 4.79 Å². The van der Waals surface area contributed by atoms with Gasteiger partial charge in [0, 0.05) is 18.2 Å². The second kappa shape index (κ2) is 5.07. The van der Waals surface area contributed by atoms with E-state index in [1.807, 2.05) is 19.1 Å². The minimum atomic E-state index is -0.248. The molecular formula is C15H17N3O2. The van der Waals surface area contributed by atoms with Crippen molar-refractivity contribution in [3.63, 3.8) is 0 Å². The highest BCUT2D eigenvalue weighted by Gasteiger charge is 2.27. The van der Waals surface area contributed by atoms with Crippen molar-refractivity contribution in [2.24, 2.45) is 5.92 Å². The molecule has 2 aromatic rings. The van der Waals surface area contributed by atoms with Crippen LogP contribution in [0.5, 0.6) is 0 Å². The first-order valence-corrected chi connectivity index (χ1v) is 6.85. The quantitative estimate of drug-likeness (QED) is 0.912. The Bertz CT molecular complexity index is 648. The Labute approximate surface area is 117 Å². The Kier molecular flexibility index (Phi) is 3.26. The third kappa shape index (κ3) is 2.43. The van der Waals surface area contributed by atoms with Crippen molar-refractivity contribution in [1.29, 1.82) is 0 Å². The summed E-state index contributed by atoms with van der Waals surface area (Å²) < 4.78 is 5.29. The predicted molar refractivity (Wildman–Crippen MR) is 74.6 cm³/mol. The van der Waals surface area contributed by atoms with Gasteiger partial charge in [0.25, 0.3) is 5.91 Å². The van der Waals surface area contributed by atoms with Crippen molar-refractivity contribution in [2.75, 3.05) is 5.32 Å². The lowest BCUT2D eigenvalue weighted by atomic mass is 9.88. The van der Waals surface area contributed by atoms with E-state index in [1.165, 1.54) is 0 Å². The molecule has 0 saturated carbocycles. The third-order valence-electron chi connectivity index (χ3n) is 3.66. The molecule has 1 atom stereocenters. The van der Waals surface area contributed by atoms with Crippen LogP contribution in [0.3, 0.4) is 0 Å². The molecule has 5 nitrogen and oxygen atoms in total. The summed E-state index contributed by atoms with van der Waals surface area (Å²) in [5.74, 6) is 1.70. The molecule has 0 saturated heterocycles. The Balaban J connectivity index is 1.83. The average molecular weight is 271 g/mol. The standard InChI is InChI=1S/C15H17N3O2/c1-9-3-4-12-11(7-9)14(18-20-12)15(19)17-13-8-10(2)5-6-16-13/h5-6,8-9H,3-4,7H2,1-2H3,(H,16,17,19)/t9-/m1/s1. The lowest BCUT2D eigenvalue weighted by Crippen LogP contribution is -2.18. The first kappa shape index (κ1) is 12.8. The molecule has 1 aliphatic rings. The third-order valence-corrected chi connectivity index (χ3v) is 3.66. The summed E-state index contributed by atoms with van der Waals surface area (Å²) in [5.41, 5.74) is 2.40. The van der Waals surface area contributed by atoms with E-state index in [0.717, 1.165) is 36.1 Å². The van der Waals surface area contributed by atoms with Gasteiger partial charge in [-0.3, -0.25) is 4.79 Å². The number of hydrogen-bond acceptors (Lipinski definition) is 4. The van der Waals surface area contributed by atoms with Crippen LogP contribution in [0.1, 0.15) is 40.7 Å². The molecule has 1 N–H and O–H groups in total.